The summed E-state index contributed by atoms with van der Waals surface area (Å²) in [6.45, 7) is 3.81. The van der Waals surface area contributed by atoms with Gasteiger partial charge in [-0.25, -0.2) is 4.98 Å². The molecule has 0 radical (unpaired) electrons. The minimum atomic E-state index is -0.0791. The lowest BCUT2D eigenvalue weighted by atomic mass is 10.0. The number of aromatic nitrogens is 1. The average molecular weight is 394 g/mol. The van der Waals surface area contributed by atoms with Crippen LogP contribution in [0, 0.1) is 0 Å². The predicted octanol–water partition coefficient (Wildman–Crippen LogP) is 4.80. The van der Waals surface area contributed by atoms with Gasteiger partial charge in [0.2, 0.25) is 0 Å². The van der Waals surface area contributed by atoms with Crippen LogP contribution in [0.2, 0.25) is 5.15 Å². The third-order valence-corrected chi connectivity index (χ3v) is 5.53. The van der Waals surface area contributed by atoms with E-state index in [1.807, 2.05) is 24.3 Å². The van der Waals surface area contributed by atoms with Crippen molar-refractivity contribution in [2.75, 3.05) is 13.1 Å². The van der Waals surface area contributed by atoms with Gasteiger partial charge in [0.1, 0.15) is 5.15 Å². The van der Waals surface area contributed by atoms with Gasteiger partial charge in [0, 0.05) is 24.0 Å². The lowest BCUT2D eigenvalue weighted by Crippen LogP contribution is -2.30. The molecule has 1 fully saturated rings. The molecule has 1 N–H and O–H groups in total. The molecule has 1 amide bonds. The number of nitrogens with zero attached hydrogens (tertiary/aromatic N) is 2. The molecule has 1 aromatic heterocycles. The Bertz CT molecular complexity index is 982. The second-order valence-corrected chi connectivity index (χ2v) is 7.72. The fourth-order valence-corrected chi connectivity index (χ4v) is 3.92. The largest absolute Gasteiger partial charge is 0.348 e. The van der Waals surface area contributed by atoms with Crippen LogP contribution in [0.15, 0.2) is 54.6 Å². The van der Waals surface area contributed by atoms with Crippen molar-refractivity contribution >= 4 is 28.4 Å². The molecule has 0 atom stereocenters. The molecule has 1 aliphatic heterocycles. The average Bonchev–Trinajstić information content (AvgIpc) is 2.73. The number of nitrogens with one attached hydrogen (secondary N) is 1. The number of benzene rings is 2. The molecule has 28 heavy (non-hydrogen) atoms. The van der Waals surface area contributed by atoms with Crippen molar-refractivity contribution in [3.05, 3.63) is 76.4 Å². The second kappa shape index (κ2) is 8.72. The van der Waals surface area contributed by atoms with Gasteiger partial charge in [-0.1, -0.05) is 42.3 Å². The minimum Gasteiger partial charge on any atom is -0.348 e. The summed E-state index contributed by atoms with van der Waals surface area (Å²) >= 11 is 5.93. The highest BCUT2D eigenvalue weighted by molar-refractivity contribution is 6.29. The first-order valence-corrected chi connectivity index (χ1v) is 10.2. The number of piperidine rings is 1. The number of pyridine rings is 1. The molecule has 0 bridgehead atoms. The van der Waals surface area contributed by atoms with E-state index in [1.165, 1.54) is 30.4 Å². The van der Waals surface area contributed by atoms with E-state index in [9.17, 15) is 4.79 Å². The molecular weight excluding hydrogens is 370 g/mol. The van der Waals surface area contributed by atoms with E-state index < -0.39 is 0 Å². The van der Waals surface area contributed by atoms with Crippen molar-refractivity contribution in [1.29, 1.82) is 0 Å². The van der Waals surface area contributed by atoms with E-state index in [0.717, 1.165) is 30.5 Å². The van der Waals surface area contributed by atoms with Crippen LogP contribution < -0.4 is 5.32 Å². The summed E-state index contributed by atoms with van der Waals surface area (Å²) in [7, 11) is 0. The number of hydrogen-bond donors (Lipinski definition) is 1. The summed E-state index contributed by atoms with van der Waals surface area (Å²) in [5.41, 5.74) is 3.89. The molecule has 2 heterocycles. The standard InChI is InChI=1S/C23H24ClN3O/c24-22-11-9-17-14-18(8-10-21(17)26-22)23(28)25-15-19-6-2-3-7-20(19)16-27-12-4-1-5-13-27/h2-3,6-11,14H,1,4-5,12-13,15-16H2,(H,25,28). The Morgan fingerprint density at radius 3 is 2.61 bits per heavy atom. The predicted molar refractivity (Wildman–Crippen MR) is 113 cm³/mol. The number of rotatable bonds is 5. The van der Waals surface area contributed by atoms with E-state index in [4.69, 9.17) is 11.6 Å². The number of amides is 1. The number of fused-ring (bicyclic) bond motifs is 1. The molecule has 1 saturated heterocycles. The number of hydrogen-bond acceptors (Lipinski definition) is 3. The zero-order chi connectivity index (χ0) is 19.3. The second-order valence-electron chi connectivity index (χ2n) is 7.33. The molecule has 4 nitrogen and oxygen atoms in total. The number of carbonyl (C=O) groups is 1. The summed E-state index contributed by atoms with van der Waals surface area (Å²) in [4.78, 5) is 19.4. The Balaban J connectivity index is 1.44. The number of likely N-dealkylation sites (tertiary alicyclic amines) is 1. The van der Waals surface area contributed by atoms with Crippen molar-refractivity contribution in [1.82, 2.24) is 15.2 Å². The van der Waals surface area contributed by atoms with Gasteiger partial charge in [0.25, 0.3) is 5.91 Å². The van der Waals surface area contributed by atoms with Gasteiger partial charge in [0.15, 0.2) is 0 Å². The SMILES string of the molecule is O=C(NCc1ccccc1CN1CCCCC1)c1ccc2nc(Cl)ccc2c1. The summed E-state index contributed by atoms with van der Waals surface area (Å²) in [6, 6.07) is 17.5. The van der Waals surface area contributed by atoms with Crippen LogP contribution >= 0.6 is 11.6 Å². The fourth-order valence-electron chi connectivity index (χ4n) is 3.76. The lowest BCUT2D eigenvalue weighted by molar-refractivity contribution is 0.0951. The van der Waals surface area contributed by atoms with Crippen LogP contribution in [0.3, 0.4) is 0 Å². The summed E-state index contributed by atoms with van der Waals surface area (Å²) < 4.78 is 0. The molecule has 4 rings (SSSR count). The summed E-state index contributed by atoms with van der Waals surface area (Å²) in [6.07, 6.45) is 3.89. The van der Waals surface area contributed by atoms with Crippen LogP contribution in [-0.4, -0.2) is 28.9 Å². The van der Waals surface area contributed by atoms with Crippen molar-refractivity contribution < 1.29 is 4.79 Å². The molecule has 1 aliphatic rings. The Morgan fingerprint density at radius 1 is 1.00 bits per heavy atom. The third-order valence-electron chi connectivity index (χ3n) is 5.32. The molecule has 0 spiro atoms. The minimum absolute atomic E-state index is 0.0791. The Morgan fingerprint density at radius 2 is 1.79 bits per heavy atom. The first-order valence-electron chi connectivity index (χ1n) is 9.83. The molecule has 0 aliphatic carbocycles. The first kappa shape index (κ1) is 18.9. The molecule has 0 unspecified atom stereocenters. The molecule has 2 aromatic carbocycles. The monoisotopic (exact) mass is 393 g/mol. The first-order chi connectivity index (χ1) is 13.7. The third kappa shape index (κ3) is 4.51. The van der Waals surface area contributed by atoms with Crippen LogP contribution in [0.25, 0.3) is 10.9 Å². The fraction of sp³-hybridized carbons (Fsp3) is 0.304. The van der Waals surface area contributed by atoms with E-state index >= 15 is 0 Å². The lowest BCUT2D eigenvalue weighted by Gasteiger charge is -2.27. The summed E-state index contributed by atoms with van der Waals surface area (Å²) in [5, 5.41) is 4.42. The smallest absolute Gasteiger partial charge is 0.251 e. The highest BCUT2D eigenvalue weighted by Crippen LogP contribution is 2.18. The van der Waals surface area contributed by atoms with Crippen molar-refractivity contribution in [2.45, 2.75) is 32.4 Å². The molecular formula is C23H24ClN3O. The Kier molecular flexibility index (Phi) is 5.89. The normalized spacial score (nSPS) is 14.9. The quantitative estimate of drug-likeness (QED) is 0.633. The van der Waals surface area contributed by atoms with E-state index in [-0.39, 0.29) is 5.91 Å². The summed E-state index contributed by atoms with van der Waals surface area (Å²) in [5.74, 6) is -0.0791. The van der Waals surface area contributed by atoms with Crippen molar-refractivity contribution in [2.24, 2.45) is 0 Å². The maximum Gasteiger partial charge on any atom is 0.251 e. The van der Waals surface area contributed by atoms with E-state index in [2.05, 4.69) is 33.4 Å². The zero-order valence-electron chi connectivity index (χ0n) is 15.8. The zero-order valence-corrected chi connectivity index (χ0v) is 16.6. The number of halogens is 1. The molecule has 0 saturated carbocycles. The molecule has 144 valence electrons. The van der Waals surface area contributed by atoms with Gasteiger partial charge in [0.05, 0.1) is 5.52 Å². The van der Waals surface area contributed by atoms with Crippen LogP contribution in [0.1, 0.15) is 40.7 Å². The van der Waals surface area contributed by atoms with Gasteiger partial charge in [-0.15, -0.1) is 0 Å². The molecule has 5 heteroatoms. The van der Waals surface area contributed by atoms with Crippen LogP contribution in [-0.2, 0) is 13.1 Å². The maximum absolute atomic E-state index is 12.7. The van der Waals surface area contributed by atoms with E-state index in [0.29, 0.717) is 17.3 Å². The highest BCUT2D eigenvalue weighted by atomic mass is 35.5. The Labute approximate surface area is 170 Å². The Hall–Kier alpha value is -2.43. The van der Waals surface area contributed by atoms with Crippen LogP contribution in [0.4, 0.5) is 0 Å². The van der Waals surface area contributed by atoms with E-state index in [1.54, 1.807) is 12.1 Å². The maximum atomic E-state index is 12.7. The van der Waals surface area contributed by atoms with Gasteiger partial charge in [-0.2, -0.15) is 0 Å². The topological polar surface area (TPSA) is 45.2 Å². The number of carbonyl (C=O) groups excluding carboxylic acids is 1. The molecule has 3 aromatic rings. The van der Waals surface area contributed by atoms with Crippen LogP contribution in [0.5, 0.6) is 0 Å². The van der Waals surface area contributed by atoms with Gasteiger partial charge in [-0.05, 0) is 67.4 Å². The van der Waals surface area contributed by atoms with Gasteiger partial charge < -0.3 is 5.32 Å². The highest BCUT2D eigenvalue weighted by Gasteiger charge is 2.13. The van der Waals surface area contributed by atoms with Gasteiger partial charge >= 0.3 is 0 Å². The van der Waals surface area contributed by atoms with Gasteiger partial charge in [-0.3, -0.25) is 9.69 Å². The van der Waals surface area contributed by atoms with Crippen molar-refractivity contribution in [3.63, 3.8) is 0 Å². The van der Waals surface area contributed by atoms with Crippen molar-refractivity contribution in [3.8, 4) is 0 Å².